The Morgan fingerprint density at radius 2 is 1.76 bits per heavy atom. The van der Waals surface area contributed by atoms with Gasteiger partial charge in [-0.1, -0.05) is 59.9 Å². The molecule has 0 aliphatic carbocycles. The monoisotopic (exact) mass is 577 g/mol. The van der Waals surface area contributed by atoms with Crippen LogP contribution in [0.25, 0.3) is 22.5 Å². The standard InChI is InChI=1S/C34H31N3O4S/c1-6-41-33(39)29-21(3)35-34-37(31(29)30-26-15-11-10-12-23(26)16-17-27(30)40-5)32(38)28(42-34)19-24-18-20(2)36(22(24)4)25-13-8-7-9-14-25/h7-19,31H,6H2,1-5H3/b28-19+/t31-/m1/s1. The lowest BCUT2D eigenvalue weighted by Gasteiger charge is -2.27. The predicted octanol–water partition coefficient (Wildman–Crippen LogP) is 5.37. The maximum Gasteiger partial charge on any atom is 0.338 e. The number of benzene rings is 3. The van der Waals surface area contributed by atoms with E-state index in [4.69, 9.17) is 14.5 Å². The van der Waals surface area contributed by atoms with Gasteiger partial charge in [-0.05, 0) is 74.4 Å². The molecule has 212 valence electrons. The largest absolute Gasteiger partial charge is 0.496 e. The van der Waals surface area contributed by atoms with Crippen molar-refractivity contribution in [2.24, 2.45) is 4.99 Å². The highest BCUT2D eigenvalue weighted by Crippen LogP contribution is 2.40. The number of allylic oxidation sites excluding steroid dienone is 1. The van der Waals surface area contributed by atoms with Crippen LogP contribution in [0.4, 0.5) is 0 Å². The Morgan fingerprint density at radius 3 is 2.50 bits per heavy atom. The average Bonchev–Trinajstić information content (AvgIpc) is 3.45. The topological polar surface area (TPSA) is 74.8 Å². The lowest BCUT2D eigenvalue weighted by atomic mass is 9.90. The van der Waals surface area contributed by atoms with Gasteiger partial charge in [0.1, 0.15) is 11.8 Å². The highest BCUT2D eigenvalue weighted by atomic mass is 32.1. The van der Waals surface area contributed by atoms with Crippen molar-refractivity contribution in [1.82, 2.24) is 9.13 Å². The minimum Gasteiger partial charge on any atom is -0.496 e. The van der Waals surface area contributed by atoms with Gasteiger partial charge in [0, 0.05) is 22.6 Å². The number of hydrogen-bond donors (Lipinski definition) is 0. The van der Waals surface area contributed by atoms with E-state index < -0.39 is 12.0 Å². The van der Waals surface area contributed by atoms with Crippen molar-refractivity contribution in [2.75, 3.05) is 13.7 Å². The summed E-state index contributed by atoms with van der Waals surface area (Å²) in [6.45, 7) is 7.87. The van der Waals surface area contributed by atoms with E-state index in [0.717, 1.165) is 39.0 Å². The van der Waals surface area contributed by atoms with Gasteiger partial charge in [-0.3, -0.25) is 9.36 Å². The number of methoxy groups -OCH3 is 1. The fraction of sp³-hybridized carbons (Fsp3) is 0.206. The van der Waals surface area contributed by atoms with Crippen molar-refractivity contribution in [3.8, 4) is 11.4 Å². The lowest BCUT2D eigenvalue weighted by molar-refractivity contribution is -0.139. The number of ether oxygens (including phenoxy) is 2. The molecule has 0 amide bonds. The Hall–Kier alpha value is -4.69. The highest BCUT2D eigenvalue weighted by Gasteiger charge is 2.36. The van der Waals surface area contributed by atoms with Gasteiger partial charge in [0.05, 0.1) is 29.5 Å². The maximum absolute atomic E-state index is 14.3. The molecule has 0 unspecified atom stereocenters. The second-order valence-corrected chi connectivity index (χ2v) is 11.2. The predicted molar refractivity (Wildman–Crippen MR) is 166 cm³/mol. The zero-order valence-electron chi connectivity index (χ0n) is 24.2. The Bertz CT molecular complexity index is 2070. The number of aryl methyl sites for hydroxylation is 1. The van der Waals surface area contributed by atoms with Crippen LogP contribution >= 0.6 is 11.3 Å². The van der Waals surface area contributed by atoms with Crippen molar-refractivity contribution < 1.29 is 14.3 Å². The number of rotatable bonds is 6. The molecular weight excluding hydrogens is 546 g/mol. The number of carbonyl (C=O) groups excluding carboxylic acids is 1. The zero-order valence-corrected chi connectivity index (χ0v) is 25.0. The summed E-state index contributed by atoms with van der Waals surface area (Å²) in [6, 6.07) is 23.2. The van der Waals surface area contributed by atoms with E-state index in [0.29, 0.717) is 26.4 Å². The second kappa shape index (κ2) is 10.9. The molecule has 8 heteroatoms. The van der Waals surface area contributed by atoms with Gasteiger partial charge in [0.25, 0.3) is 5.56 Å². The van der Waals surface area contributed by atoms with Crippen LogP contribution in [0.5, 0.6) is 5.75 Å². The number of carbonyl (C=O) groups is 1. The van der Waals surface area contributed by atoms with Gasteiger partial charge in [-0.2, -0.15) is 0 Å². The first-order valence-electron chi connectivity index (χ1n) is 13.8. The summed E-state index contributed by atoms with van der Waals surface area (Å²) in [5.74, 6) is 0.0793. The van der Waals surface area contributed by atoms with Crippen molar-refractivity contribution in [3.63, 3.8) is 0 Å². The molecule has 0 N–H and O–H groups in total. The summed E-state index contributed by atoms with van der Waals surface area (Å²) in [5, 5.41) is 1.86. The first-order valence-corrected chi connectivity index (χ1v) is 14.6. The second-order valence-electron chi connectivity index (χ2n) is 10.2. The summed E-state index contributed by atoms with van der Waals surface area (Å²) >= 11 is 1.32. The van der Waals surface area contributed by atoms with Gasteiger partial charge in [-0.15, -0.1) is 0 Å². The van der Waals surface area contributed by atoms with Crippen LogP contribution in [0.1, 0.15) is 42.4 Å². The molecule has 42 heavy (non-hydrogen) atoms. The molecular formula is C34H31N3O4S. The van der Waals surface area contributed by atoms with E-state index >= 15 is 0 Å². The van der Waals surface area contributed by atoms with Crippen LogP contribution < -0.4 is 19.6 Å². The first-order chi connectivity index (χ1) is 20.3. The Kier molecular flexibility index (Phi) is 7.16. The molecule has 0 spiro atoms. The molecule has 0 radical (unpaired) electrons. The minimum absolute atomic E-state index is 0.205. The first kappa shape index (κ1) is 27.5. The van der Waals surface area contributed by atoms with Gasteiger partial charge in [0.2, 0.25) is 0 Å². The number of hydrogen-bond acceptors (Lipinski definition) is 6. The van der Waals surface area contributed by atoms with Crippen LogP contribution in [0, 0.1) is 13.8 Å². The molecule has 5 aromatic rings. The third-order valence-corrected chi connectivity index (χ3v) is 8.70. The molecule has 1 atom stereocenters. The normalized spacial score (nSPS) is 15.1. The Balaban J connectivity index is 1.62. The van der Waals surface area contributed by atoms with E-state index in [2.05, 4.69) is 36.6 Å². The molecule has 1 aliphatic heterocycles. The van der Waals surface area contributed by atoms with E-state index in [9.17, 15) is 9.59 Å². The Morgan fingerprint density at radius 1 is 1.02 bits per heavy atom. The summed E-state index contributed by atoms with van der Waals surface area (Å²) in [7, 11) is 1.60. The van der Waals surface area contributed by atoms with Crippen molar-refractivity contribution in [3.05, 3.63) is 126 Å². The molecule has 6 rings (SSSR count). The minimum atomic E-state index is -0.778. The van der Waals surface area contributed by atoms with Crippen LogP contribution in [-0.4, -0.2) is 28.8 Å². The number of thiazole rings is 1. The van der Waals surface area contributed by atoms with Crippen LogP contribution in [0.15, 0.2) is 93.9 Å². The third kappa shape index (κ3) is 4.48. The van der Waals surface area contributed by atoms with Crippen molar-refractivity contribution in [1.29, 1.82) is 0 Å². The van der Waals surface area contributed by atoms with Crippen molar-refractivity contribution in [2.45, 2.75) is 33.7 Å². The SMILES string of the molecule is CCOC(=O)C1=C(C)N=c2s/c(=C/c3cc(C)n(-c4ccccc4)c3C)c(=O)n2[C@H]1c1c(OC)ccc2ccccc12. The van der Waals surface area contributed by atoms with Gasteiger partial charge in [0.15, 0.2) is 4.80 Å². The molecule has 3 aromatic carbocycles. The van der Waals surface area contributed by atoms with Crippen LogP contribution in [-0.2, 0) is 9.53 Å². The average molecular weight is 578 g/mol. The van der Waals surface area contributed by atoms with E-state index in [1.54, 1.807) is 25.5 Å². The molecule has 0 saturated carbocycles. The molecule has 3 heterocycles. The van der Waals surface area contributed by atoms with Gasteiger partial charge < -0.3 is 14.0 Å². The summed E-state index contributed by atoms with van der Waals surface area (Å²) in [4.78, 5) is 33.0. The highest BCUT2D eigenvalue weighted by molar-refractivity contribution is 7.07. The van der Waals surface area contributed by atoms with E-state index in [1.807, 2.05) is 60.7 Å². The van der Waals surface area contributed by atoms with Gasteiger partial charge in [-0.25, -0.2) is 9.79 Å². The number of fused-ring (bicyclic) bond motifs is 2. The number of para-hydroxylation sites is 1. The summed E-state index contributed by atoms with van der Waals surface area (Å²) in [6.07, 6.45) is 1.92. The fourth-order valence-corrected chi connectivity index (χ4v) is 6.89. The van der Waals surface area contributed by atoms with E-state index in [-0.39, 0.29) is 12.2 Å². The quantitative estimate of drug-likeness (QED) is 0.255. The summed E-state index contributed by atoms with van der Waals surface area (Å²) in [5.41, 5.74) is 5.45. The third-order valence-electron chi connectivity index (χ3n) is 7.71. The number of aromatic nitrogens is 2. The smallest absolute Gasteiger partial charge is 0.338 e. The zero-order chi connectivity index (χ0) is 29.5. The number of esters is 1. The van der Waals surface area contributed by atoms with Crippen LogP contribution in [0.2, 0.25) is 0 Å². The Labute approximate surface area is 247 Å². The maximum atomic E-state index is 14.3. The van der Waals surface area contributed by atoms with Crippen molar-refractivity contribution >= 4 is 34.2 Å². The molecule has 0 saturated heterocycles. The van der Waals surface area contributed by atoms with E-state index in [1.165, 1.54) is 11.3 Å². The van der Waals surface area contributed by atoms with Crippen LogP contribution in [0.3, 0.4) is 0 Å². The molecule has 1 aliphatic rings. The lowest BCUT2D eigenvalue weighted by Crippen LogP contribution is -2.40. The number of nitrogens with zero attached hydrogens (tertiary/aromatic N) is 3. The molecule has 2 aromatic heterocycles. The summed E-state index contributed by atoms with van der Waals surface area (Å²) < 4.78 is 15.7. The van der Waals surface area contributed by atoms with Gasteiger partial charge >= 0.3 is 5.97 Å². The molecule has 0 bridgehead atoms. The molecule has 7 nitrogen and oxygen atoms in total. The molecule has 0 fully saturated rings. The fourth-order valence-electron chi connectivity index (χ4n) is 5.85.